The molecule has 2 aliphatic heterocycles. The smallest absolute Gasteiger partial charge is 0.0628 e. The van der Waals surface area contributed by atoms with Crippen LogP contribution in [0.4, 0.5) is 0 Å². The second kappa shape index (κ2) is 8.95. The van der Waals surface area contributed by atoms with Crippen LogP contribution in [0.3, 0.4) is 0 Å². The molecule has 5 nitrogen and oxygen atoms in total. The number of methoxy groups -OCH3 is 1. The maximum absolute atomic E-state index is 6.21. The van der Waals surface area contributed by atoms with Crippen LogP contribution in [-0.4, -0.2) is 98.5 Å². The van der Waals surface area contributed by atoms with Gasteiger partial charge in [-0.2, -0.15) is 0 Å². The molecular formula is C19H37N3O2. The summed E-state index contributed by atoms with van der Waals surface area (Å²) in [4.78, 5) is 7.86. The van der Waals surface area contributed by atoms with E-state index in [1.54, 1.807) is 0 Å². The molecule has 0 bridgehead atoms. The molecule has 2 heterocycles. The van der Waals surface area contributed by atoms with E-state index in [1.807, 2.05) is 7.11 Å². The molecule has 1 saturated carbocycles. The number of piperazine rings is 1. The zero-order valence-electron chi connectivity index (χ0n) is 16.0. The van der Waals surface area contributed by atoms with Crippen LogP contribution in [0.15, 0.2) is 0 Å². The fraction of sp³-hybridized carbons (Fsp3) is 1.00. The Labute approximate surface area is 148 Å². The van der Waals surface area contributed by atoms with Gasteiger partial charge in [0.2, 0.25) is 0 Å². The summed E-state index contributed by atoms with van der Waals surface area (Å²) in [7, 11) is 1.81. The van der Waals surface area contributed by atoms with Gasteiger partial charge < -0.3 is 14.4 Å². The molecule has 0 aromatic carbocycles. The fourth-order valence-electron chi connectivity index (χ4n) is 4.15. The Balaban J connectivity index is 1.25. The third kappa shape index (κ3) is 5.15. The summed E-state index contributed by atoms with van der Waals surface area (Å²) in [5.41, 5.74) is 0. The summed E-state index contributed by atoms with van der Waals surface area (Å²) in [6, 6.07) is 0.695. The fourth-order valence-corrected chi connectivity index (χ4v) is 4.15. The van der Waals surface area contributed by atoms with Gasteiger partial charge in [0.1, 0.15) is 0 Å². The van der Waals surface area contributed by atoms with Gasteiger partial charge in [-0.1, -0.05) is 0 Å². The maximum atomic E-state index is 6.21. The normalized spacial score (nSPS) is 31.5. The van der Waals surface area contributed by atoms with E-state index < -0.39 is 0 Å². The SMILES string of the molecule is COC1CC(OC2CCN(CCN3CCN(C(C)C)CC3)CC2)C1. The molecule has 0 unspecified atom stereocenters. The number of rotatable bonds is 7. The molecule has 0 amide bonds. The van der Waals surface area contributed by atoms with E-state index in [0.29, 0.717) is 24.4 Å². The quantitative estimate of drug-likeness (QED) is 0.704. The molecule has 1 aliphatic carbocycles. The standard InChI is InChI=1S/C19H37N3O2/c1-16(2)22-12-10-21(11-13-22)9-8-20-6-4-17(5-7-20)24-19-14-18(15-19)23-3/h16-19H,4-15H2,1-3H3. The summed E-state index contributed by atoms with van der Waals surface area (Å²) in [5, 5.41) is 0. The van der Waals surface area contributed by atoms with Crippen LogP contribution in [0.5, 0.6) is 0 Å². The summed E-state index contributed by atoms with van der Waals surface area (Å²) >= 11 is 0. The van der Waals surface area contributed by atoms with E-state index in [9.17, 15) is 0 Å². The van der Waals surface area contributed by atoms with Crippen LogP contribution < -0.4 is 0 Å². The minimum absolute atomic E-state index is 0.450. The molecule has 0 atom stereocenters. The van der Waals surface area contributed by atoms with Gasteiger partial charge in [-0.05, 0) is 39.5 Å². The topological polar surface area (TPSA) is 28.2 Å². The van der Waals surface area contributed by atoms with Gasteiger partial charge in [-0.25, -0.2) is 0 Å². The van der Waals surface area contributed by atoms with Crippen molar-refractivity contribution in [1.82, 2.24) is 14.7 Å². The van der Waals surface area contributed by atoms with Gasteiger partial charge in [0.05, 0.1) is 18.3 Å². The van der Waals surface area contributed by atoms with Gasteiger partial charge >= 0.3 is 0 Å². The minimum atomic E-state index is 0.450. The Kier molecular flexibility index (Phi) is 6.93. The lowest BCUT2D eigenvalue weighted by Crippen LogP contribution is -2.51. The maximum Gasteiger partial charge on any atom is 0.0628 e. The molecule has 0 spiro atoms. The van der Waals surface area contributed by atoms with Gasteiger partial charge in [-0.3, -0.25) is 9.80 Å². The first kappa shape index (κ1) is 18.6. The van der Waals surface area contributed by atoms with Crippen molar-refractivity contribution in [1.29, 1.82) is 0 Å². The van der Waals surface area contributed by atoms with Crippen molar-refractivity contribution in [2.24, 2.45) is 0 Å². The molecule has 3 fully saturated rings. The summed E-state index contributed by atoms with van der Waals surface area (Å²) in [6.07, 6.45) is 6.00. The monoisotopic (exact) mass is 339 g/mol. The molecule has 3 rings (SSSR count). The molecule has 0 aromatic heterocycles. The Bertz CT molecular complexity index is 358. The van der Waals surface area contributed by atoms with Crippen molar-refractivity contribution in [3.63, 3.8) is 0 Å². The zero-order valence-corrected chi connectivity index (χ0v) is 16.0. The first-order valence-corrected chi connectivity index (χ1v) is 10.0. The predicted molar refractivity (Wildman–Crippen MR) is 97.5 cm³/mol. The molecule has 24 heavy (non-hydrogen) atoms. The highest BCUT2D eigenvalue weighted by molar-refractivity contribution is 4.83. The zero-order chi connectivity index (χ0) is 16.9. The Morgan fingerprint density at radius 1 is 0.792 bits per heavy atom. The third-order valence-electron chi connectivity index (χ3n) is 6.17. The largest absolute Gasteiger partial charge is 0.381 e. The van der Waals surface area contributed by atoms with Crippen LogP contribution >= 0.6 is 0 Å². The first-order valence-electron chi connectivity index (χ1n) is 10.0. The number of hydrogen-bond donors (Lipinski definition) is 0. The van der Waals surface area contributed by atoms with Crippen LogP contribution in [0.2, 0.25) is 0 Å². The Morgan fingerprint density at radius 3 is 1.92 bits per heavy atom. The number of nitrogens with zero attached hydrogens (tertiary/aromatic N) is 3. The van der Waals surface area contributed by atoms with Crippen molar-refractivity contribution in [3.8, 4) is 0 Å². The summed E-state index contributed by atoms with van der Waals surface area (Å²) in [5.74, 6) is 0. The van der Waals surface area contributed by atoms with Gasteiger partial charge in [0, 0.05) is 65.5 Å². The molecule has 2 saturated heterocycles. The van der Waals surface area contributed by atoms with E-state index in [-0.39, 0.29) is 0 Å². The second-order valence-corrected chi connectivity index (χ2v) is 8.10. The van der Waals surface area contributed by atoms with Crippen molar-refractivity contribution in [3.05, 3.63) is 0 Å². The molecule has 3 aliphatic rings. The molecule has 0 N–H and O–H groups in total. The van der Waals surface area contributed by atoms with E-state index in [1.165, 1.54) is 65.2 Å². The summed E-state index contributed by atoms with van der Waals surface area (Å²) in [6.45, 7) is 14.4. The molecule has 0 aromatic rings. The van der Waals surface area contributed by atoms with Gasteiger partial charge in [0.15, 0.2) is 0 Å². The minimum Gasteiger partial charge on any atom is -0.381 e. The predicted octanol–water partition coefficient (Wildman–Crippen LogP) is 1.67. The van der Waals surface area contributed by atoms with Crippen molar-refractivity contribution in [2.45, 2.75) is 63.9 Å². The second-order valence-electron chi connectivity index (χ2n) is 8.10. The average Bonchev–Trinajstić information content (AvgIpc) is 2.57. The number of ether oxygens (including phenoxy) is 2. The van der Waals surface area contributed by atoms with Crippen LogP contribution in [0, 0.1) is 0 Å². The van der Waals surface area contributed by atoms with Crippen LogP contribution in [-0.2, 0) is 9.47 Å². The number of hydrogen-bond acceptors (Lipinski definition) is 5. The van der Waals surface area contributed by atoms with Crippen LogP contribution in [0.25, 0.3) is 0 Å². The highest BCUT2D eigenvalue weighted by atomic mass is 16.5. The van der Waals surface area contributed by atoms with Crippen molar-refractivity contribution >= 4 is 0 Å². The lowest BCUT2D eigenvalue weighted by molar-refractivity contribution is -0.126. The van der Waals surface area contributed by atoms with E-state index in [0.717, 1.165) is 12.8 Å². The lowest BCUT2D eigenvalue weighted by Gasteiger charge is -2.40. The van der Waals surface area contributed by atoms with E-state index >= 15 is 0 Å². The first-order chi connectivity index (χ1) is 11.6. The van der Waals surface area contributed by atoms with Gasteiger partial charge in [0.25, 0.3) is 0 Å². The molecule has 0 radical (unpaired) electrons. The van der Waals surface area contributed by atoms with Gasteiger partial charge in [-0.15, -0.1) is 0 Å². The van der Waals surface area contributed by atoms with E-state index in [4.69, 9.17) is 9.47 Å². The lowest BCUT2D eigenvalue weighted by atomic mass is 9.91. The average molecular weight is 340 g/mol. The Morgan fingerprint density at radius 2 is 1.38 bits per heavy atom. The molecule has 5 heteroatoms. The van der Waals surface area contributed by atoms with Crippen molar-refractivity contribution in [2.75, 3.05) is 59.5 Å². The number of likely N-dealkylation sites (tertiary alicyclic amines) is 1. The highest BCUT2D eigenvalue weighted by Gasteiger charge is 2.32. The van der Waals surface area contributed by atoms with Crippen molar-refractivity contribution < 1.29 is 9.47 Å². The number of piperidine rings is 1. The van der Waals surface area contributed by atoms with Crippen LogP contribution in [0.1, 0.15) is 39.5 Å². The van der Waals surface area contributed by atoms with E-state index in [2.05, 4.69) is 28.5 Å². The molecular weight excluding hydrogens is 302 g/mol. The summed E-state index contributed by atoms with van der Waals surface area (Å²) < 4.78 is 11.5. The highest BCUT2D eigenvalue weighted by Crippen LogP contribution is 2.29. The third-order valence-corrected chi connectivity index (χ3v) is 6.17. The molecule has 140 valence electrons. The Hall–Kier alpha value is -0.200.